The van der Waals surface area contributed by atoms with Gasteiger partial charge in [-0.2, -0.15) is 0 Å². The van der Waals surface area contributed by atoms with Crippen molar-refractivity contribution in [3.05, 3.63) is 65.6 Å². The lowest BCUT2D eigenvalue weighted by atomic mass is 10.0. The number of para-hydroxylation sites is 1. The Kier molecular flexibility index (Phi) is 6.01. The highest BCUT2D eigenvalue weighted by Crippen LogP contribution is 2.45. The molecule has 8 heteroatoms. The first-order chi connectivity index (χ1) is 14.0. The first-order valence-electron chi connectivity index (χ1n) is 8.99. The van der Waals surface area contributed by atoms with Crippen molar-refractivity contribution < 1.29 is 33.0 Å². The fraction of sp³-hybridized carbons (Fsp3) is 0.286. The van der Waals surface area contributed by atoms with Crippen LogP contribution in [0.15, 0.2) is 64.3 Å². The number of rotatable bonds is 6. The summed E-state index contributed by atoms with van der Waals surface area (Å²) in [4.78, 5) is 40.0. The highest BCUT2D eigenvalue weighted by Gasteiger charge is 2.52. The average molecular weight is 399 g/mol. The molecule has 1 aromatic heterocycles. The number of benzene rings is 1. The molecule has 0 amide bonds. The number of hydrogen-bond donors (Lipinski definition) is 0. The Balaban J connectivity index is 2.31. The first kappa shape index (κ1) is 20.2. The van der Waals surface area contributed by atoms with E-state index in [0.29, 0.717) is 11.4 Å². The molecule has 0 N–H and O–H groups in total. The lowest BCUT2D eigenvalue weighted by Crippen LogP contribution is -2.42. The van der Waals surface area contributed by atoms with Gasteiger partial charge >= 0.3 is 17.9 Å². The molecular formula is C21H21NO7. The fourth-order valence-corrected chi connectivity index (χ4v) is 3.46. The van der Waals surface area contributed by atoms with Crippen molar-refractivity contribution in [2.75, 3.05) is 25.7 Å². The summed E-state index contributed by atoms with van der Waals surface area (Å²) in [5.41, 5.74) is 0.423. The number of anilines is 1. The van der Waals surface area contributed by atoms with Gasteiger partial charge in [0.05, 0.1) is 38.2 Å². The average Bonchev–Trinajstić information content (AvgIpc) is 3.39. The van der Waals surface area contributed by atoms with Gasteiger partial charge in [0.15, 0.2) is 6.04 Å². The van der Waals surface area contributed by atoms with Crippen LogP contribution in [0.2, 0.25) is 0 Å². The van der Waals surface area contributed by atoms with Crippen molar-refractivity contribution in [3.8, 4) is 0 Å². The van der Waals surface area contributed by atoms with Crippen LogP contribution in [0.5, 0.6) is 0 Å². The molecular weight excluding hydrogens is 378 g/mol. The Morgan fingerprint density at radius 2 is 1.62 bits per heavy atom. The normalized spacial score (nSPS) is 18.5. The van der Waals surface area contributed by atoms with E-state index >= 15 is 0 Å². The monoisotopic (exact) mass is 399 g/mol. The van der Waals surface area contributed by atoms with Gasteiger partial charge in [-0.05, 0) is 31.2 Å². The van der Waals surface area contributed by atoms with E-state index in [4.69, 9.17) is 18.6 Å². The number of carbonyl (C=O) groups is 3. The maximum atomic E-state index is 12.9. The maximum Gasteiger partial charge on any atom is 0.337 e. The van der Waals surface area contributed by atoms with Gasteiger partial charge < -0.3 is 23.5 Å². The molecule has 8 nitrogen and oxygen atoms in total. The number of esters is 3. The molecule has 2 heterocycles. The molecule has 0 fully saturated rings. The van der Waals surface area contributed by atoms with Gasteiger partial charge in [-0.1, -0.05) is 18.2 Å². The summed E-state index contributed by atoms with van der Waals surface area (Å²) in [5, 5.41) is 0. The van der Waals surface area contributed by atoms with Gasteiger partial charge in [0.25, 0.3) is 0 Å². The van der Waals surface area contributed by atoms with E-state index < -0.39 is 30.0 Å². The van der Waals surface area contributed by atoms with Crippen LogP contribution in [0.4, 0.5) is 5.69 Å². The van der Waals surface area contributed by atoms with Crippen LogP contribution < -0.4 is 4.90 Å². The zero-order valence-electron chi connectivity index (χ0n) is 16.3. The summed E-state index contributed by atoms with van der Waals surface area (Å²) >= 11 is 0. The molecule has 0 saturated heterocycles. The van der Waals surface area contributed by atoms with Gasteiger partial charge in [0.2, 0.25) is 0 Å². The van der Waals surface area contributed by atoms with Gasteiger partial charge in [-0.15, -0.1) is 0 Å². The standard InChI is InChI=1S/C21H21NO7/c1-4-28-21(25)18-16(20(24)27-3)15(19(23)26-2)17(14-11-8-12-29-14)22(18)13-9-6-5-7-10-13/h5-12,17-18H,4H2,1-3H3/t17-,18+/m1/s1. The van der Waals surface area contributed by atoms with Gasteiger partial charge in [-0.25, -0.2) is 14.4 Å². The van der Waals surface area contributed by atoms with Gasteiger partial charge in [0.1, 0.15) is 11.8 Å². The molecule has 0 saturated carbocycles. The minimum atomic E-state index is -1.21. The minimum absolute atomic E-state index is 0.0313. The second-order valence-corrected chi connectivity index (χ2v) is 6.13. The smallest absolute Gasteiger partial charge is 0.337 e. The van der Waals surface area contributed by atoms with Crippen molar-refractivity contribution in [3.63, 3.8) is 0 Å². The number of nitrogens with zero attached hydrogens (tertiary/aromatic N) is 1. The van der Waals surface area contributed by atoms with Crippen LogP contribution in [0.1, 0.15) is 18.7 Å². The second kappa shape index (κ2) is 8.64. The zero-order valence-corrected chi connectivity index (χ0v) is 16.3. The van der Waals surface area contributed by atoms with Gasteiger partial charge in [0, 0.05) is 5.69 Å². The summed E-state index contributed by atoms with van der Waals surface area (Å²) in [7, 11) is 2.38. The Hall–Kier alpha value is -3.55. The van der Waals surface area contributed by atoms with E-state index in [0.717, 1.165) is 0 Å². The zero-order chi connectivity index (χ0) is 21.0. The lowest BCUT2D eigenvalue weighted by Gasteiger charge is -2.31. The quantitative estimate of drug-likeness (QED) is 0.540. The lowest BCUT2D eigenvalue weighted by molar-refractivity contribution is -0.146. The molecule has 2 atom stereocenters. The molecule has 1 aliphatic rings. The Morgan fingerprint density at radius 3 is 2.17 bits per heavy atom. The number of hydrogen-bond acceptors (Lipinski definition) is 8. The summed E-state index contributed by atoms with van der Waals surface area (Å²) < 4.78 is 20.6. The van der Waals surface area contributed by atoms with Crippen LogP contribution in [0.3, 0.4) is 0 Å². The molecule has 1 aromatic carbocycles. The first-order valence-corrected chi connectivity index (χ1v) is 8.99. The summed E-state index contributed by atoms with van der Waals surface area (Å²) in [6.07, 6.45) is 1.45. The second-order valence-electron chi connectivity index (χ2n) is 6.13. The molecule has 0 unspecified atom stereocenters. The van der Waals surface area contributed by atoms with Crippen LogP contribution >= 0.6 is 0 Å². The van der Waals surface area contributed by atoms with Crippen molar-refractivity contribution in [2.24, 2.45) is 0 Å². The van der Waals surface area contributed by atoms with Crippen LogP contribution in [-0.4, -0.2) is 44.8 Å². The van der Waals surface area contributed by atoms with Crippen molar-refractivity contribution >= 4 is 23.6 Å². The SMILES string of the molecule is CCOC(=O)[C@@H]1C(C(=O)OC)=C(C(=O)OC)[C@@H](c2ccco2)N1c1ccccc1. The van der Waals surface area contributed by atoms with E-state index in [9.17, 15) is 14.4 Å². The molecule has 29 heavy (non-hydrogen) atoms. The molecule has 2 aromatic rings. The molecule has 0 bridgehead atoms. The summed E-state index contributed by atoms with van der Waals surface area (Å²) in [6.45, 7) is 1.76. The summed E-state index contributed by atoms with van der Waals surface area (Å²) in [6, 6.07) is 10.1. The van der Waals surface area contributed by atoms with E-state index in [1.165, 1.54) is 20.5 Å². The molecule has 0 aliphatic carbocycles. The number of furan rings is 1. The van der Waals surface area contributed by atoms with Crippen LogP contribution in [0, 0.1) is 0 Å². The molecule has 0 spiro atoms. The molecule has 1 aliphatic heterocycles. The predicted octanol–water partition coefficient (Wildman–Crippen LogP) is 2.42. The number of methoxy groups -OCH3 is 2. The van der Waals surface area contributed by atoms with Crippen molar-refractivity contribution in [2.45, 2.75) is 19.0 Å². The Bertz CT molecular complexity index is 918. The largest absolute Gasteiger partial charge is 0.467 e. The summed E-state index contributed by atoms with van der Waals surface area (Å²) in [5.74, 6) is -1.91. The number of ether oxygens (including phenoxy) is 3. The van der Waals surface area contributed by atoms with Crippen molar-refractivity contribution in [1.29, 1.82) is 0 Å². The van der Waals surface area contributed by atoms with Gasteiger partial charge in [-0.3, -0.25) is 0 Å². The predicted molar refractivity (Wildman–Crippen MR) is 102 cm³/mol. The minimum Gasteiger partial charge on any atom is -0.467 e. The van der Waals surface area contributed by atoms with Crippen LogP contribution in [-0.2, 0) is 28.6 Å². The van der Waals surface area contributed by atoms with E-state index in [-0.39, 0.29) is 17.8 Å². The van der Waals surface area contributed by atoms with E-state index in [2.05, 4.69) is 0 Å². The number of carbonyl (C=O) groups excluding carboxylic acids is 3. The Labute approximate surface area is 167 Å². The van der Waals surface area contributed by atoms with Crippen LogP contribution in [0.25, 0.3) is 0 Å². The molecule has 0 radical (unpaired) electrons. The maximum absolute atomic E-state index is 12.9. The van der Waals surface area contributed by atoms with E-state index in [1.807, 2.05) is 6.07 Å². The third-order valence-corrected chi connectivity index (χ3v) is 4.58. The Morgan fingerprint density at radius 1 is 0.966 bits per heavy atom. The third-order valence-electron chi connectivity index (χ3n) is 4.58. The van der Waals surface area contributed by atoms with Crippen molar-refractivity contribution in [1.82, 2.24) is 0 Å². The topological polar surface area (TPSA) is 95.3 Å². The van der Waals surface area contributed by atoms with E-state index in [1.54, 1.807) is 48.2 Å². The fourth-order valence-electron chi connectivity index (χ4n) is 3.46. The molecule has 3 rings (SSSR count). The third kappa shape index (κ3) is 3.61. The highest BCUT2D eigenvalue weighted by atomic mass is 16.5. The molecule has 152 valence electrons. The highest BCUT2D eigenvalue weighted by molar-refractivity contribution is 6.10.